The maximum atomic E-state index is 5.79. The number of nitrogens with zero attached hydrogens (tertiary/aromatic N) is 2. The summed E-state index contributed by atoms with van der Waals surface area (Å²) in [4.78, 5) is 0. The van der Waals surface area contributed by atoms with Crippen LogP contribution < -0.4 is 10.5 Å². The fourth-order valence-corrected chi connectivity index (χ4v) is 1.98. The minimum Gasteiger partial charge on any atom is -0.477 e. The van der Waals surface area contributed by atoms with Gasteiger partial charge in [-0.25, -0.2) is 4.68 Å². The Hall–Kier alpha value is -1.03. The van der Waals surface area contributed by atoms with Gasteiger partial charge in [-0.2, -0.15) is 5.10 Å². The van der Waals surface area contributed by atoms with Gasteiger partial charge in [-0.3, -0.25) is 0 Å². The van der Waals surface area contributed by atoms with Crippen molar-refractivity contribution in [2.75, 3.05) is 13.2 Å². The zero-order valence-electron chi connectivity index (χ0n) is 10.3. The van der Waals surface area contributed by atoms with Crippen LogP contribution in [0.2, 0.25) is 0 Å². The largest absolute Gasteiger partial charge is 0.477 e. The molecule has 4 nitrogen and oxygen atoms in total. The number of hydrogen-bond acceptors (Lipinski definition) is 3. The van der Waals surface area contributed by atoms with Crippen LogP contribution in [0.15, 0.2) is 6.20 Å². The maximum absolute atomic E-state index is 5.79. The van der Waals surface area contributed by atoms with Gasteiger partial charge in [0.1, 0.15) is 0 Å². The summed E-state index contributed by atoms with van der Waals surface area (Å²) in [5.74, 6) is 2.43. The fourth-order valence-electron chi connectivity index (χ4n) is 1.98. The molecule has 0 spiro atoms. The molecule has 2 unspecified atom stereocenters. The van der Waals surface area contributed by atoms with Crippen molar-refractivity contribution in [1.82, 2.24) is 9.78 Å². The number of nitrogens with two attached hydrogens (primary N) is 1. The molecule has 0 radical (unpaired) electrons. The average molecular weight is 223 g/mol. The van der Waals surface area contributed by atoms with Crippen molar-refractivity contribution in [1.29, 1.82) is 0 Å². The van der Waals surface area contributed by atoms with Gasteiger partial charge in [0.25, 0.3) is 0 Å². The molecule has 2 rings (SSSR count). The summed E-state index contributed by atoms with van der Waals surface area (Å²) in [7, 11) is 0. The molecule has 2 N–H and O–H groups in total. The van der Waals surface area contributed by atoms with Crippen molar-refractivity contribution in [3.63, 3.8) is 0 Å². The fraction of sp³-hybridized carbons (Fsp3) is 0.750. The molecule has 1 aliphatic heterocycles. The number of hydrogen-bond donors (Lipinski definition) is 1. The van der Waals surface area contributed by atoms with E-state index in [1.54, 1.807) is 0 Å². The van der Waals surface area contributed by atoms with Crippen LogP contribution in [0.4, 0.5) is 0 Å². The standard InChI is InChI=1S/C12H21N3O/c1-8(2)9(3)11-5-14-15-6-10(4-13)7-16-12(11)15/h5,8-10H,4,6-7,13H2,1-3H3. The normalized spacial score (nSPS) is 21.7. The molecular weight excluding hydrogens is 202 g/mol. The third-order valence-electron chi connectivity index (χ3n) is 3.53. The Kier molecular flexibility index (Phi) is 3.19. The molecule has 16 heavy (non-hydrogen) atoms. The molecular formula is C12H21N3O. The molecule has 0 amide bonds. The van der Waals surface area contributed by atoms with E-state index in [1.165, 1.54) is 5.56 Å². The molecule has 4 heteroatoms. The Balaban J connectivity index is 2.22. The molecule has 1 aromatic rings. The van der Waals surface area contributed by atoms with E-state index in [-0.39, 0.29) is 0 Å². The second-order valence-electron chi connectivity index (χ2n) is 5.03. The van der Waals surface area contributed by atoms with Gasteiger partial charge in [-0.1, -0.05) is 20.8 Å². The van der Waals surface area contributed by atoms with E-state index in [0.29, 0.717) is 24.3 Å². The van der Waals surface area contributed by atoms with Crippen LogP contribution >= 0.6 is 0 Å². The monoisotopic (exact) mass is 223 g/mol. The van der Waals surface area contributed by atoms with Gasteiger partial charge in [-0.05, 0) is 11.8 Å². The summed E-state index contributed by atoms with van der Waals surface area (Å²) < 4.78 is 7.74. The van der Waals surface area contributed by atoms with Gasteiger partial charge in [0, 0.05) is 18.0 Å². The van der Waals surface area contributed by atoms with Crippen molar-refractivity contribution in [2.24, 2.45) is 17.6 Å². The minimum absolute atomic E-state index is 0.398. The lowest BCUT2D eigenvalue weighted by Gasteiger charge is -2.25. The van der Waals surface area contributed by atoms with E-state index < -0.39 is 0 Å². The highest BCUT2D eigenvalue weighted by Crippen LogP contribution is 2.33. The lowest BCUT2D eigenvalue weighted by atomic mass is 9.92. The Morgan fingerprint density at radius 1 is 1.56 bits per heavy atom. The highest BCUT2D eigenvalue weighted by Gasteiger charge is 2.25. The Morgan fingerprint density at radius 3 is 2.94 bits per heavy atom. The molecule has 0 saturated heterocycles. The number of aromatic nitrogens is 2. The summed E-state index contributed by atoms with van der Waals surface area (Å²) in [6, 6.07) is 0. The smallest absolute Gasteiger partial charge is 0.215 e. The molecule has 0 bridgehead atoms. The zero-order valence-corrected chi connectivity index (χ0v) is 10.3. The molecule has 0 fully saturated rings. The Morgan fingerprint density at radius 2 is 2.31 bits per heavy atom. The Labute approximate surface area is 96.8 Å². The highest BCUT2D eigenvalue weighted by molar-refractivity contribution is 5.29. The molecule has 90 valence electrons. The second-order valence-corrected chi connectivity index (χ2v) is 5.03. The maximum Gasteiger partial charge on any atom is 0.215 e. The van der Waals surface area contributed by atoms with Gasteiger partial charge in [0.15, 0.2) is 0 Å². The van der Waals surface area contributed by atoms with Crippen LogP contribution in [-0.4, -0.2) is 22.9 Å². The van der Waals surface area contributed by atoms with Gasteiger partial charge in [0.2, 0.25) is 5.88 Å². The van der Waals surface area contributed by atoms with Crippen molar-refractivity contribution < 1.29 is 4.74 Å². The average Bonchev–Trinajstić information content (AvgIpc) is 2.70. The van der Waals surface area contributed by atoms with Crippen molar-refractivity contribution >= 4 is 0 Å². The first-order chi connectivity index (χ1) is 7.63. The predicted molar refractivity (Wildman–Crippen MR) is 63.5 cm³/mol. The summed E-state index contributed by atoms with van der Waals surface area (Å²) in [5, 5.41) is 4.39. The SMILES string of the molecule is CC(C)C(C)c1cnn2c1OCC(CN)C2. The van der Waals surface area contributed by atoms with Gasteiger partial charge < -0.3 is 10.5 Å². The molecule has 2 atom stereocenters. The lowest BCUT2D eigenvalue weighted by molar-refractivity contribution is 0.166. The highest BCUT2D eigenvalue weighted by atomic mass is 16.5. The molecule has 1 aromatic heterocycles. The topological polar surface area (TPSA) is 53.1 Å². The second kappa shape index (κ2) is 4.45. The van der Waals surface area contributed by atoms with Crippen LogP contribution in [0.25, 0.3) is 0 Å². The van der Waals surface area contributed by atoms with E-state index in [2.05, 4.69) is 25.9 Å². The van der Waals surface area contributed by atoms with Crippen molar-refractivity contribution in [3.05, 3.63) is 11.8 Å². The van der Waals surface area contributed by atoms with E-state index in [0.717, 1.165) is 19.0 Å². The van der Waals surface area contributed by atoms with Crippen LogP contribution in [0.5, 0.6) is 5.88 Å². The first-order valence-corrected chi connectivity index (χ1v) is 6.02. The lowest BCUT2D eigenvalue weighted by Crippen LogP contribution is -2.31. The summed E-state index contributed by atoms with van der Waals surface area (Å²) in [6.45, 7) is 8.94. The van der Waals surface area contributed by atoms with Gasteiger partial charge >= 0.3 is 0 Å². The van der Waals surface area contributed by atoms with E-state index in [1.807, 2.05) is 10.9 Å². The molecule has 0 saturated carbocycles. The van der Waals surface area contributed by atoms with Gasteiger partial charge in [-0.15, -0.1) is 0 Å². The van der Waals surface area contributed by atoms with E-state index >= 15 is 0 Å². The first-order valence-electron chi connectivity index (χ1n) is 6.02. The summed E-state index contributed by atoms with van der Waals surface area (Å²) in [6.07, 6.45) is 1.94. The van der Waals surface area contributed by atoms with Gasteiger partial charge in [0.05, 0.1) is 19.3 Å². The van der Waals surface area contributed by atoms with Crippen LogP contribution in [0, 0.1) is 11.8 Å². The number of fused-ring (bicyclic) bond motifs is 1. The molecule has 1 aliphatic rings. The Bertz CT molecular complexity index is 359. The van der Waals surface area contributed by atoms with E-state index in [4.69, 9.17) is 10.5 Å². The first kappa shape index (κ1) is 11.5. The van der Waals surface area contributed by atoms with Crippen LogP contribution in [0.1, 0.15) is 32.3 Å². The van der Waals surface area contributed by atoms with E-state index in [9.17, 15) is 0 Å². The summed E-state index contributed by atoms with van der Waals surface area (Å²) >= 11 is 0. The molecule has 0 aromatic carbocycles. The third-order valence-corrected chi connectivity index (χ3v) is 3.53. The van der Waals surface area contributed by atoms with Crippen molar-refractivity contribution in [2.45, 2.75) is 33.2 Å². The summed E-state index contributed by atoms with van der Waals surface area (Å²) in [5.41, 5.74) is 6.88. The minimum atomic E-state index is 0.398. The zero-order chi connectivity index (χ0) is 11.7. The van der Waals surface area contributed by atoms with Crippen LogP contribution in [-0.2, 0) is 6.54 Å². The number of ether oxygens (including phenoxy) is 1. The number of rotatable bonds is 3. The molecule has 2 heterocycles. The predicted octanol–water partition coefficient (Wildman–Crippen LogP) is 1.61. The van der Waals surface area contributed by atoms with Crippen LogP contribution in [0.3, 0.4) is 0 Å². The van der Waals surface area contributed by atoms with Crippen molar-refractivity contribution in [3.8, 4) is 5.88 Å². The third kappa shape index (κ3) is 1.94. The molecule has 0 aliphatic carbocycles. The quantitative estimate of drug-likeness (QED) is 0.847.